The van der Waals surface area contributed by atoms with E-state index in [1.165, 1.54) is 0 Å². The summed E-state index contributed by atoms with van der Waals surface area (Å²) in [4.78, 5) is 0. The summed E-state index contributed by atoms with van der Waals surface area (Å²) < 4.78 is 0. The highest BCUT2D eigenvalue weighted by molar-refractivity contribution is 7.99. The molecule has 0 spiro atoms. The van der Waals surface area contributed by atoms with Crippen molar-refractivity contribution < 1.29 is 0 Å². The van der Waals surface area contributed by atoms with Crippen LogP contribution in [0.5, 0.6) is 0 Å². The van der Waals surface area contributed by atoms with Crippen molar-refractivity contribution in [3.8, 4) is 18.2 Å². The Morgan fingerprint density at radius 3 is 2.54 bits per heavy atom. The second-order valence-electron chi connectivity index (χ2n) is 5.72. The third-order valence-electron chi connectivity index (χ3n) is 4.65. The summed E-state index contributed by atoms with van der Waals surface area (Å²) in [5.74, 6) is 0.953. The summed E-state index contributed by atoms with van der Waals surface area (Å²) in [7, 11) is 0. The molecule has 118 valence electrons. The summed E-state index contributed by atoms with van der Waals surface area (Å²) in [6.07, 6.45) is 1.91. The third kappa shape index (κ3) is 2.20. The van der Waals surface area contributed by atoms with E-state index in [1.54, 1.807) is 17.8 Å². The van der Waals surface area contributed by atoms with E-state index in [-0.39, 0.29) is 23.1 Å². The Balaban J connectivity index is 2.34. The molecule has 2 aliphatic rings. The first-order chi connectivity index (χ1) is 11.6. The van der Waals surface area contributed by atoms with Crippen LogP contribution in [0.15, 0.2) is 47.2 Å². The summed E-state index contributed by atoms with van der Waals surface area (Å²) in [6, 6.07) is 13.6. The van der Waals surface area contributed by atoms with Crippen molar-refractivity contribution in [2.75, 3.05) is 11.5 Å². The molecule has 0 fully saturated rings. The summed E-state index contributed by atoms with van der Waals surface area (Å²) >= 11 is 8.08. The van der Waals surface area contributed by atoms with Crippen LogP contribution in [0.4, 0.5) is 0 Å². The lowest BCUT2D eigenvalue weighted by Crippen LogP contribution is -2.41. The SMILES string of the molecule is N#CC1=C(N)C(C#N)(C#N)C2=CCSC[C@H]2[C@H]1c1ccccc1Cl. The summed E-state index contributed by atoms with van der Waals surface area (Å²) in [5, 5.41) is 29.7. The zero-order chi connectivity index (χ0) is 17.3. The van der Waals surface area contributed by atoms with Crippen LogP contribution in [0.2, 0.25) is 5.02 Å². The normalized spacial score (nSPS) is 24.8. The molecule has 0 unspecified atom stereocenters. The van der Waals surface area contributed by atoms with Gasteiger partial charge < -0.3 is 5.73 Å². The Kier molecular flexibility index (Phi) is 4.29. The first-order valence-corrected chi connectivity index (χ1v) is 8.89. The van der Waals surface area contributed by atoms with Gasteiger partial charge in [0.2, 0.25) is 5.41 Å². The lowest BCUT2D eigenvalue weighted by molar-refractivity contribution is 0.476. The van der Waals surface area contributed by atoms with Gasteiger partial charge in [-0.15, -0.1) is 0 Å². The van der Waals surface area contributed by atoms with E-state index in [9.17, 15) is 15.8 Å². The first kappa shape index (κ1) is 16.5. The zero-order valence-corrected chi connectivity index (χ0v) is 14.2. The fourth-order valence-electron chi connectivity index (χ4n) is 3.52. The molecule has 6 heteroatoms. The Hall–Kier alpha value is -2.39. The van der Waals surface area contributed by atoms with E-state index in [0.717, 1.165) is 11.3 Å². The van der Waals surface area contributed by atoms with Crippen molar-refractivity contribution in [2.45, 2.75) is 5.92 Å². The molecular formula is C18H13ClN4S. The number of hydrogen-bond donors (Lipinski definition) is 1. The molecule has 0 radical (unpaired) electrons. The minimum atomic E-state index is -1.56. The molecule has 1 aromatic carbocycles. The number of hydrogen-bond acceptors (Lipinski definition) is 5. The maximum absolute atomic E-state index is 9.72. The topological polar surface area (TPSA) is 97.4 Å². The van der Waals surface area contributed by atoms with Crippen molar-refractivity contribution >= 4 is 23.4 Å². The molecule has 1 heterocycles. The minimum absolute atomic E-state index is 0.0364. The molecule has 0 bridgehead atoms. The molecule has 0 saturated heterocycles. The number of rotatable bonds is 1. The van der Waals surface area contributed by atoms with Gasteiger partial charge in [-0.2, -0.15) is 27.5 Å². The largest absolute Gasteiger partial charge is 0.399 e. The number of benzene rings is 1. The maximum atomic E-state index is 9.72. The highest BCUT2D eigenvalue weighted by Gasteiger charge is 2.52. The Labute approximate surface area is 149 Å². The molecule has 24 heavy (non-hydrogen) atoms. The van der Waals surface area contributed by atoms with Crippen LogP contribution in [0, 0.1) is 45.3 Å². The Morgan fingerprint density at radius 2 is 1.92 bits per heavy atom. The lowest BCUT2D eigenvalue weighted by Gasteiger charge is -2.42. The van der Waals surface area contributed by atoms with E-state index in [1.807, 2.05) is 24.3 Å². The van der Waals surface area contributed by atoms with Gasteiger partial charge in [0.1, 0.15) is 0 Å². The van der Waals surface area contributed by atoms with E-state index in [2.05, 4.69) is 18.2 Å². The molecule has 0 amide bonds. The second-order valence-corrected chi connectivity index (χ2v) is 7.20. The fourth-order valence-corrected chi connectivity index (χ4v) is 4.83. The predicted molar refractivity (Wildman–Crippen MR) is 93.6 cm³/mol. The minimum Gasteiger partial charge on any atom is -0.399 e. The van der Waals surface area contributed by atoms with Gasteiger partial charge in [-0.3, -0.25) is 0 Å². The van der Waals surface area contributed by atoms with Crippen LogP contribution in [-0.4, -0.2) is 11.5 Å². The van der Waals surface area contributed by atoms with Crippen molar-refractivity contribution in [2.24, 2.45) is 17.1 Å². The van der Waals surface area contributed by atoms with E-state index < -0.39 is 5.41 Å². The van der Waals surface area contributed by atoms with Gasteiger partial charge in [0, 0.05) is 28.4 Å². The van der Waals surface area contributed by atoms with Crippen LogP contribution in [0.3, 0.4) is 0 Å². The molecule has 1 aliphatic carbocycles. The molecule has 2 atom stereocenters. The molecular weight excluding hydrogens is 340 g/mol. The highest BCUT2D eigenvalue weighted by atomic mass is 35.5. The number of thioether (sulfide) groups is 1. The number of nitriles is 3. The molecule has 2 N–H and O–H groups in total. The van der Waals surface area contributed by atoms with Crippen molar-refractivity contribution in [3.63, 3.8) is 0 Å². The molecule has 1 aromatic rings. The van der Waals surface area contributed by atoms with Gasteiger partial charge in [-0.1, -0.05) is 35.9 Å². The first-order valence-electron chi connectivity index (χ1n) is 7.36. The van der Waals surface area contributed by atoms with E-state index in [0.29, 0.717) is 16.3 Å². The zero-order valence-electron chi connectivity index (χ0n) is 12.7. The molecule has 1 aliphatic heterocycles. The monoisotopic (exact) mass is 352 g/mol. The van der Waals surface area contributed by atoms with Gasteiger partial charge in [-0.05, 0) is 17.2 Å². The molecule has 3 rings (SSSR count). The fraction of sp³-hybridized carbons (Fsp3) is 0.278. The third-order valence-corrected chi connectivity index (χ3v) is 6.00. The standard InChI is InChI=1S/C18H13ClN4S/c19-15-4-2-1-3-11(15)16-12(7-20)17(23)18(9-21,10-22)14-5-6-24-8-13(14)16/h1-5,13,16H,6,8,23H2/t13-,16+/m1/s1. The maximum Gasteiger partial charge on any atom is 0.204 e. The second kappa shape index (κ2) is 6.25. The van der Waals surface area contributed by atoms with Gasteiger partial charge in [0.05, 0.1) is 29.5 Å². The quantitative estimate of drug-likeness (QED) is 0.780. The number of halogens is 1. The van der Waals surface area contributed by atoms with Crippen LogP contribution < -0.4 is 5.73 Å². The summed E-state index contributed by atoms with van der Waals surface area (Å²) in [6.45, 7) is 0. The van der Waals surface area contributed by atoms with Gasteiger partial charge in [-0.25, -0.2) is 0 Å². The van der Waals surface area contributed by atoms with Crippen molar-refractivity contribution in [3.05, 3.63) is 57.8 Å². The number of nitrogens with zero attached hydrogens (tertiary/aromatic N) is 3. The Morgan fingerprint density at radius 1 is 1.21 bits per heavy atom. The van der Waals surface area contributed by atoms with E-state index in [4.69, 9.17) is 17.3 Å². The van der Waals surface area contributed by atoms with E-state index >= 15 is 0 Å². The average molecular weight is 353 g/mol. The lowest BCUT2D eigenvalue weighted by atomic mass is 9.61. The number of nitrogens with two attached hydrogens (primary N) is 1. The molecule has 0 aromatic heterocycles. The molecule has 4 nitrogen and oxygen atoms in total. The smallest absolute Gasteiger partial charge is 0.204 e. The van der Waals surface area contributed by atoms with Gasteiger partial charge in [0.25, 0.3) is 0 Å². The predicted octanol–water partition coefficient (Wildman–Crippen LogP) is 3.50. The van der Waals surface area contributed by atoms with Gasteiger partial charge >= 0.3 is 0 Å². The van der Waals surface area contributed by atoms with Crippen LogP contribution >= 0.6 is 23.4 Å². The number of fused-ring (bicyclic) bond motifs is 1. The van der Waals surface area contributed by atoms with Crippen molar-refractivity contribution in [1.82, 2.24) is 0 Å². The molecule has 0 saturated carbocycles. The van der Waals surface area contributed by atoms with Crippen LogP contribution in [0.1, 0.15) is 11.5 Å². The van der Waals surface area contributed by atoms with Crippen molar-refractivity contribution in [1.29, 1.82) is 15.8 Å². The van der Waals surface area contributed by atoms with Gasteiger partial charge in [0.15, 0.2) is 0 Å². The Bertz CT molecular complexity index is 868. The number of allylic oxidation sites excluding steroid dienone is 2. The average Bonchev–Trinajstić information content (AvgIpc) is 2.62. The van der Waals surface area contributed by atoms with Crippen LogP contribution in [-0.2, 0) is 0 Å². The highest BCUT2D eigenvalue weighted by Crippen LogP contribution is 2.54. The van der Waals surface area contributed by atoms with Crippen LogP contribution in [0.25, 0.3) is 0 Å². The summed E-state index contributed by atoms with van der Waals surface area (Å²) in [5.41, 5.74) is 6.45.